The Kier molecular flexibility index (Phi) is 9.97. The Morgan fingerprint density at radius 1 is 0.958 bits per heavy atom. The number of nitrogens with one attached hydrogen (secondary N) is 1. The maximum absolute atomic E-state index is 11.5. The first-order valence-corrected chi connectivity index (χ1v) is 18.2. The normalized spacial score (nSPS) is 13.0. The van der Waals surface area contributed by atoms with E-state index in [9.17, 15) is 4.79 Å². The van der Waals surface area contributed by atoms with Gasteiger partial charge in [0.1, 0.15) is 0 Å². The number of carbonyl (C=O) groups excluding carboxylic acids is 1. The van der Waals surface area contributed by atoms with Crippen LogP contribution in [0.5, 0.6) is 0 Å². The zero-order valence-electron chi connectivity index (χ0n) is 17.2. The third-order valence-electron chi connectivity index (χ3n) is 3.81. The fraction of sp³-hybridized carbons (Fsp3) is 0.824. The average Bonchev–Trinajstić information content (AvgIpc) is 2.38. The van der Waals surface area contributed by atoms with E-state index in [4.69, 9.17) is 8.23 Å². The average molecular weight is 390 g/mol. The van der Waals surface area contributed by atoms with E-state index in [1.807, 2.05) is 0 Å². The third kappa shape index (κ3) is 11.4. The van der Waals surface area contributed by atoms with Gasteiger partial charge in [-0.15, -0.1) is 0 Å². The molecule has 0 rings (SSSR count). The molecule has 0 heterocycles. The van der Waals surface area contributed by atoms with E-state index < -0.39 is 25.2 Å². The van der Waals surface area contributed by atoms with Crippen molar-refractivity contribution in [3.63, 3.8) is 0 Å². The second kappa shape index (κ2) is 10.1. The molecule has 7 heteroatoms. The summed E-state index contributed by atoms with van der Waals surface area (Å²) in [6.45, 7) is 21.8. The Morgan fingerprint density at radius 2 is 1.42 bits per heavy atom. The van der Waals surface area contributed by atoms with Crippen LogP contribution in [-0.4, -0.2) is 37.6 Å². The molecule has 0 saturated carbocycles. The summed E-state index contributed by atoms with van der Waals surface area (Å²) in [6, 6.07) is 2.23. The zero-order chi connectivity index (χ0) is 19.0. The molecule has 0 aromatic carbocycles. The molecule has 0 aliphatic carbocycles. The summed E-state index contributed by atoms with van der Waals surface area (Å²) in [5, 5.41) is 2.89. The summed E-state index contributed by atoms with van der Waals surface area (Å²) in [6.07, 6.45) is 3.41. The van der Waals surface area contributed by atoms with Crippen LogP contribution in [-0.2, 0) is 13.0 Å². The van der Waals surface area contributed by atoms with Crippen molar-refractivity contribution in [3.8, 4) is 0 Å². The molecule has 24 heavy (non-hydrogen) atoms. The molecule has 0 aliphatic heterocycles. The fourth-order valence-corrected chi connectivity index (χ4v) is 17.2. The van der Waals surface area contributed by atoms with Crippen LogP contribution < -0.4 is 5.32 Å². The van der Waals surface area contributed by atoms with Crippen molar-refractivity contribution in [2.45, 2.75) is 84.5 Å². The van der Waals surface area contributed by atoms with Crippen LogP contribution in [0.3, 0.4) is 0 Å². The van der Waals surface area contributed by atoms with Crippen LogP contribution >= 0.6 is 0 Å². The quantitative estimate of drug-likeness (QED) is 0.290. The number of carbonyl (C=O) groups is 1. The first-order valence-electron chi connectivity index (χ1n) is 9.14. The summed E-state index contributed by atoms with van der Waals surface area (Å²) < 4.78 is 13.1. The van der Waals surface area contributed by atoms with Gasteiger partial charge in [0.05, 0.1) is 0 Å². The first kappa shape index (κ1) is 23.8. The number of unbranched alkanes of at least 4 members (excludes halogenated alkanes) is 1. The van der Waals surface area contributed by atoms with Gasteiger partial charge in [-0.2, -0.15) is 0 Å². The standard InChI is InChI=1S/C17H39NO3Si3/c1-10-11-14-22(4,5)20-24(8,9)21-23(6,7)15-12-13-18-17(19)16(2)3/h2,10-15H2,1,3-9H3,(H,18,19). The second-order valence-corrected chi connectivity index (χ2v) is 20.8. The van der Waals surface area contributed by atoms with Crippen molar-refractivity contribution in [2.75, 3.05) is 6.54 Å². The maximum Gasteiger partial charge on any atom is 0.311 e. The highest BCUT2D eigenvalue weighted by atomic mass is 28.5. The minimum absolute atomic E-state index is 0.0582. The predicted molar refractivity (Wildman–Crippen MR) is 112 cm³/mol. The number of rotatable bonds is 12. The maximum atomic E-state index is 11.5. The molecule has 0 aromatic heterocycles. The van der Waals surface area contributed by atoms with Gasteiger partial charge >= 0.3 is 8.56 Å². The summed E-state index contributed by atoms with van der Waals surface area (Å²) in [4.78, 5) is 11.5. The van der Waals surface area contributed by atoms with Gasteiger partial charge < -0.3 is 13.5 Å². The number of hydrogen-bond acceptors (Lipinski definition) is 3. The molecule has 0 atom stereocenters. The summed E-state index contributed by atoms with van der Waals surface area (Å²) in [5.41, 5.74) is 0.559. The largest absolute Gasteiger partial charge is 0.437 e. The molecule has 0 aromatic rings. The van der Waals surface area contributed by atoms with Crippen molar-refractivity contribution >= 4 is 31.1 Å². The number of amides is 1. The Hall–Kier alpha value is -0.219. The van der Waals surface area contributed by atoms with Crippen LogP contribution in [0, 0.1) is 0 Å². The minimum Gasteiger partial charge on any atom is -0.437 e. The van der Waals surface area contributed by atoms with Crippen LogP contribution in [0.4, 0.5) is 0 Å². The lowest BCUT2D eigenvalue weighted by molar-refractivity contribution is -0.117. The molecule has 0 unspecified atom stereocenters. The molecular formula is C17H39NO3Si3. The van der Waals surface area contributed by atoms with Gasteiger partial charge in [0.2, 0.25) is 5.91 Å². The molecular weight excluding hydrogens is 350 g/mol. The Bertz CT molecular complexity index is 423. The topological polar surface area (TPSA) is 47.6 Å². The van der Waals surface area contributed by atoms with Gasteiger partial charge in [-0.25, -0.2) is 0 Å². The van der Waals surface area contributed by atoms with E-state index in [-0.39, 0.29) is 5.91 Å². The fourth-order valence-electron chi connectivity index (χ4n) is 2.92. The molecule has 4 nitrogen and oxygen atoms in total. The summed E-state index contributed by atoms with van der Waals surface area (Å²) in [7, 11) is -5.52. The first-order chi connectivity index (χ1) is 10.8. The van der Waals surface area contributed by atoms with Crippen molar-refractivity contribution in [2.24, 2.45) is 0 Å². The van der Waals surface area contributed by atoms with Crippen molar-refractivity contribution in [1.82, 2.24) is 5.32 Å². The molecule has 0 spiro atoms. The molecule has 0 fully saturated rings. The molecule has 1 amide bonds. The van der Waals surface area contributed by atoms with Gasteiger partial charge in [-0.05, 0) is 64.7 Å². The van der Waals surface area contributed by atoms with Crippen LogP contribution in [0.15, 0.2) is 12.2 Å². The Labute approximate surface area is 152 Å². The van der Waals surface area contributed by atoms with E-state index in [1.54, 1.807) is 6.92 Å². The highest BCUT2D eigenvalue weighted by molar-refractivity contribution is 6.87. The van der Waals surface area contributed by atoms with Gasteiger partial charge in [0, 0.05) is 12.1 Å². The van der Waals surface area contributed by atoms with E-state index in [1.165, 1.54) is 18.9 Å². The van der Waals surface area contributed by atoms with Gasteiger partial charge in [0.15, 0.2) is 16.6 Å². The van der Waals surface area contributed by atoms with Gasteiger partial charge in [-0.1, -0.05) is 26.3 Å². The van der Waals surface area contributed by atoms with Gasteiger partial charge in [0.25, 0.3) is 0 Å². The van der Waals surface area contributed by atoms with Crippen LogP contribution in [0.25, 0.3) is 0 Å². The lowest BCUT2D eigenvalue weighted by Gasteiger charge is -2.38. The molecule has 1 N–H and O–H groups in total. The lowest BCUT2D eigenvalue weighted by Crippen LogP contribution is -2.52. The lowest BCUT2D eigenvalue weighted by atomic mass is 10.3. The number of hydrogen-bond donors (Lipinski definition) is 1. The van der Waals surface area contributed by atoms with Crippen LogP contribution in [0.1, 0.15) is 33.1 Å². The van der Waals surface area contributed by atoms with E-state index >= 15 is 0 Å². The van der Waals surface area contributed by atoms with Crippen LogP contribution in [0.2, 0.25) is 51.4 Å². The molecule has 142 valence electrons. The highest BCUT2D eigenvalue weighted by Gasteiger charge is 2.39. The van der Waals surface area contributed by atoms with E-state index in [0.29, 0.717) is 12.1 Å². The SMILES string of the molecule is C=C(C)C(=O)NCCC[Si](C)(C)O[Si](C)(C)O[Si](C)(C)CCCC. The molecule has 0 saturated heterocycles. The Balaban J connectivity index is 4.39. The van der Waals surface area contributed by atoms with E-state index in [2.05, 4.69) is 58.1 Å². The zero-order valence-corrected chi connectivity index (χ0v) is 20.2. The molecule has 0 aliphatic rings. The van der Waals surface area contributed by atoms with Crippen molar-refractivity contribution in [1.29, 1.82) is 0 Å². The second-order valence-electron chi connectivity index (χ2n) is 8.37. The Morgan fingerprint density at radius 3 is 1.83 bits per heavy atom. The highest BCUT2D eigenvalue weighted by Crippen LogP contribution is 2.26. The summed E-state index contributed by atoms with van der Waals surface area (Å²) in [5.74, 6) is -0.0582. The smallest absolute Gasteiger partial charge is 0.311 e. The summed E-state index contributed by atoms with van der Waals surface area (Å²) >= 11 is 0. The third-order valence-corrected chi connectivity index (χ3v) is 15.3. The minimum atomic E-state index is -2.10. The van der Waals surface area contributed by atoms with Crippen molar-refractivity contribution in [3.05, 3.63) is 12.2 Å². The van der Waals surface area contributed by atoms with Gasteiger partial charge in [-0.3, -0.25) is 4.79 Å². The van der Waals surface area contributed by atoms with E-state index in [0.717, 1.165) is 12.5 Å². The van der Waals surface area contributed by atoms with Crippen molar-refractivity contribution < 1.29 is 13.0 Å². The molecule has 0 bridgehead atoms. The predicted octanol–water partition coefficient (Wildman–Crippen LogP) is 5.01. The molecule has 0 radical (unpaired) electrons. The monoisotopic (exact) mass is 389 g/mol.